The standard InChI is InChI=1S/C23H24N2O/c1-18-9-11-20(12-10-18)14-23(26)25(16-21-7-5-13-24-15-21)17-22-8-4-3-6-19(22)2/h3-13,15H,14,16-17H2,1-2H3. The molecule has 0 spiro atoms. The maximum absolute atomic E-state index is 13.0. The molecule has 0 saturated carbocycles. The molecule has 1 aromatic heterocycles. The van der Waals surface area contributed by atoms with E-state index in [1.807, 2.05) is 47.5 Å². The van der Waals surface area contributed by atoms with Gasteiger partial charge in [0, 0.05) is 25.5 Å². The molecule has 0 unspecified atom stereocenters. The van der Waals surface area contributed by atoms with Crippen molar-refractivity contribution in [1.29, 1.82) is 0 Å². The first-order valence-corrected chi connectivity index (χ1v) is 8.88. The number of aromatic nitrogens is 1. The van der Waals surface area contributed by atoms with Gasteiger partial charge in [0.15, 0.2) is 0 Å². The summed E-state index contributed by atoms with van der Waals surface area (Å²) in [5.41, 5.74) is 5.66. The van der Waals surface area contributed by atoms with E-state index in [-0.39, 0.29) is 5.91 Å². The van der Waals surface area contributed by atoms with Gasteiger partial charge in [0.05, 0.1) is 6.42 Å². The van der Waals surface area contributed by atoms with Gasteiger partial charge in [-0.1, -0.05) is 60.2 Å². The van der Waals surface area contributed by atoms with E-state index in [2.05, 4.69) is 43.1 Å². The normalized spacial score (nSPS) is 10.5. The number of hydrogen-bond donors (Lipinski definition) is 0. The average molecular weight is 344 g/mol. The molecule has 0 radical (unpaired) electrons. The van der Waals surface area contributed by atoms with Crippen molar-refractivity contribution in [1.82, 2.24) is 9.88 Å². The summed E-state index contributed by atoms with van der Waals surface area (Å²) in [5, 5.41) is 0. The minimum atomic E-state index is 0.126. The van der Waals surface area contributed by atoms with Crippen molar-refractivity contribution in [2.75, 3.05) is 0 Å². The van der Waals surface area contributed by atoms with Crippen LogP contribution in [0.2, 0.25) is 0 Å². The number of amides is 1. The van der Waals surface area contributed by atoms with E-state index in [9.17, 15) is 4.79 Å². The van der Waals surface area contributed by atoms with Gasteiger partial charge >= 0.3 is 0 Å². The highest BCUT2D eigenvalue weighted by Crippen LogP contribution is 2.15. The SMILES string of the molecule is Cc1ccc(CC(=O)N(Cc2cccnc2)Cc2ccccc2C)cc1. The third-order valence-electron chi connectivity index (χ3n) is 4.55. The third kappa shape index (κ3) is 4.79. The Morgan fingerprint density at radius 3 is 2.35 bits per heavy atom. The van der Waals surface area contributed by atoms with Gasteiger partial charge in [0.1, 0.15) is 0 Å². The number of carbonyl (C=O) groups is 1. The molecule has 1 amide bonds. The van der Waals surface area contributed by atoms with Gasteiger partial charge in [0.2, 0.25) is 5.91 Å². The second-order valence-electron chi connectivity index (χ2n) is 6.70. The minimum absolute atomic E-state index is 0.126. The number of benzene rings is 2. The second-order valence-corrected chi connectivity index (χ2v) is 6.70. The molecule has 1 heterocycles. The van der Waals surface area contributed by atoms with Crippen LogP contribution < -0.4 is 0 Å². The van der Waals surface area contributed by atoms with Crippen LogP contribution in [0.1, 0.15) is 27.8 Å². The Bertz CT molecular complexity index is 857. The maximum atomic E-state index is 13.0. The molecule has 3 aromatic rings. The van der Waals surface area contributed by atoms with E-state index in [1.165, 1.54) is 16.7 Å². The smallest absolute Gasteiger partial charge is 0.227 e. The van der Waals surface area contributed by atoms with Crippen LogP contribution in [0.15, 0.2) is 73.1 Å². The predicted octanol–water partition coefficient (Wildman–Crippen LogP) is 4.47. The van der Waals surface area contributed by atoms with Crippen molar-refractivity contribution in [3.05, 3.63) is 101 Å². The Morgan fingerprint density at radius 2 is 1.65 bits per heavy atom. The van der Waals surface area contributed by atoms with E-state index < -0.39 is 0 Å². The summed E-state index contributed by atoms with van der Waals surface area (Å²) in [6.45, 7) is 5.31. The lowest BCUT2D eigenvalue weighted by Gasteiger charge is -2.24. The molecule has 0 atom stereocenters. The highest BCUT2D eigenvalue weighted by Gasteiger charge is 2.16. The van der Waals surface area contributed by atoms with Crippen molar-refractivity contribution in [2.45, 2.75) is 33.4 Å². The zero-order valence-corrected chi connectivity index (χ0v) is 15.4. The maximum Gasteiger partial charge on any atom is 0.227 e. The molecule has 0 aliphatic rings. The Morgan fingerprint density at radius 1 is 0.885 bits per heavy atom. The molecule has 3 nitrogen and oxygen atoms in total. The summed E-state index contributed by atoms with van der Waals surface area (Å²) in [7, 11) is 0. The fourth-order valence-electron chi connectivity index (χ4n) is 2.93. The second kappa shape index (κ2) is 8.43. The van der Waals surface area contributed by atoms with Gasteiger partial charge < -0.3 is 4.90 Å². The molecule has 2 aromatic carbocycles. The lowest BCUT2D eigenvalue weighted by atomic mass is 10.1. The number of rotatable bonds is 6. The minimum Gasteiger partial charge on any atom is -0.334 e. The molecule has 0 saturated heterocycles. The summed E-state index contributed by atoms with van der Waals surface area (Å²) in [6.07, 6.45) is 3.99. The fourth-order valence-corrected chi connectivity index (χ4v) is 2.93. The summed E-state index contributed by atoms with van der Waals surface area (Å²) < 4.78 is 0. The number of nitrogens with zero attached hydrogens (tertiary/aromatic N) is 2. The van der Waals surface area contributed by atoms with Crippen LogP contribution in [-0.2, 0) is 24.3 Å². The molecule has 3 rings (SSSR count). The molecule has 132 valence electrons. The molecule has 0 N–H and O–H groups in total. The zero-order chi connectivity index (χ0) is 18.4. The van der Waals surface area contributed by atoms with Crippen LogP contribution in [0, 0.1) is 13.8 Å². The van der Waals surface area contributed by atoms with Gasteiger partial charge in [-0.25, -0.2) is 0 Å². The number of aryl methyl sites for hydroxylation is 2. The van der Waals surface area contributed by atoms with Crippen molar-refractivity contribution >= 4 is 5.91 Å². The average Bonchev–Trinajstić information content (AvgIpc) is 2.65. The Kier molecular flexibility index (Phi) is 5.80. The van der Waals surface area contributed by atoms with Gasteiger partial charge in [-0.2, -0.15) is 0 Å². The Labute approximate surface area is 155 Å². The van der Waals surface area contributed by atoms with Gasteiger partial charge in [-0.3, -0.25) is 9.78 Å². The van der Waals surface area contributed by atoms with Gasteiger partial charge in [-0.15, -0.1) is 0 Å². The molecular weight excluding hydrogens is 320 g/mol. The van der Waals surface area contributed by atoms with Crippen molar-refractivity contribution in [2.24, 2.45) is 0 Å². The Hall–Kier alpha value is -2.94. The largest absolute Gasteiger partial charge is 0.334 e. The summed E-state index contributed by atoms with van der Waals surface area (Å²) in [6, 6.07) is 20.3. The van der Waals surface area contributed by atoms with Crippen LogP contribution >= 0.6 is 0 Å². The first-order valence-electron chi connectivity index (χ1n) is 8.88. The van der Waals surface area contributed by atoms with Crippen LogP contribution in [0.4, 0.5) is 0 Å². The van der Waals surface area contributed by atoms with Crippen molar-refractivity contribution in [3.63, 3.8) is 0 Å². The molecule has 0 aliphatic carbocycles. The first-order chi connectivity index (χ1) is 12.6. The van der Waals surface area contributed by atoms with Crippen molar-refractivity contribution in [3.8, 4) is 0 Å². The quantitative estimate of drug-likeness (QED) is 0.661. The van der Waals surface area contributed by atoms with E-state index >= 15 is 0 Å². The number of carbonyl (C=O) groups excluding carboxylic acids is 1. The van der Waals surface area contributed by atoms with Crippen LogP contribution in [0.3, 0.4) is 0 Å². The first kappa shape index (κ1) is 17.9. The number of hydrogen-bond acceptors (Lipinski definition) is 2. The molecule has 0 bridgehead atoms. The summed E-state index contributed by atoms with van der Waals surface area (Å²) in [5.74, 6) is 0.126. The summed E-state index contributed by atoms with van der Waals surface area (Å²) >= 11 is 0. The van der Waals surface area contributed by atoms with Crippen LogP contribution in [0.25, 0.3) is 0 Å². The molecule has 0 aliphatic heterocycles. The van der Waals surface area contributed by atoms with E-state index in [0.29, 0.717) is 19.5 Å². The molecule has 3 heteroatoms. The lowest BCUT2D eigenvalue weighted by Crippen LogP contribution is -2.31. The van der Waals surface area contributed by atoms with Gasteiger partial charge in [0.25, 0.3) is 0 Å². The van der Waals surface area contributed by atoms with Gasteiger partial charge in [-0.05, 0) is 42.2 Å². The van der Waals surface area contributed by atoms with E-state index in [1.54, 1.807) is 6.20 Å². The Balaban J connectivity index is 1.80. The van der Waals surface area contributed by atoms with Crippen molar-refractivity contribution < 1.29 is 4.79 Å². The van der Waals surface area contributed by atoms with Crippen LogP contribution in [-0.4, -0.2) is 15.8 Å². The topological polar surface area (TPSA) is 33.2 Å². The third-order valence-corrected chi connectivity index (χ3v) is 4.55. The monoisotopic (exact) mass is 344 g/mol. The molecule has 26 heavy (non-hydrogen) atoms. The predicted molar refractivity (Wildman–Crippen MR) is 105 cm³/mol. The zero-order valence-electron chi connectivity index (χ0n) is 15.4. The lowest BCUT2D eigenvalue weighted by molar-refractivity contribution is -0.131. The van der Waals surface area contributed by atoms with E-state index in [4.69, 9.17) is 0 Å². The highest BCUT2D eigenvalue weighted by molar-refractivity contribution is 5.78. The number of pyridine rings is 1. The fraction of sp³-hybridized carbons (Fsp3) is 0.217. The van der Waals surface area contributed by atoms with E-state index in [0.717, 1.165) is 11.1 Å². The summed E-state index contributed by atoms with van der Waals surface area (Å²) in [4.78, 5) is 19.1. The van der Waals surface area contributed by atoms with Crippen LogP contribution in [0.5, 0.6) is 0 Å². The molecular formula is C23H24N2O. The molecule has 0 fully saturated rings. The highest BCUT2D eigenvalue weighted by atomic mass is 16.2.